The molecular formula is C20H26N2O3. The molecule has 1 N–H and O–H groups in total. The number of ether oxygens (including phenoxy) is 2. The maximum absolute atomic E-state index is 12.9. The van der Waals surface area contributed by atoms with Gasteiger partial charge in [0.05, 0.1) is 12.3 Å². The van der Waals surface area contributed by atoms with Gasteiger partial charge in [0.2, 0.25) is 0 Å². The van der Waals surface area contributed by atoms with Crippen molar-refractivity contribution in [2.24, 2.45) is 5.92 Å². The zero-order chi connectivity index (χ0) is 17.9. The highest BCUT2D eigenvalue weighted by molar-refractivity contribution is 6.05. The summed E-state index contributed by atoms with van der Waals surface area (Å²) in [5.74, 6) is 0.943. The predicted molar refractivity (Wildman–Crippen MR) is 98.9 cm³/mol. The highest BCUT2D eigenvalue weighted by atomic mass is 16.5. The van der Waals surface area contributed by atoms with Gasteiger partial charge in [-0.2, -0.15) is 0 Å². The summed E-state index contributed by atoms with van der Waals surface area (Å²) < 4.78 is 11.6. The van der Waals surface area contributed by atoms with Crippen LogP contribution in [0.2, 0.25) is 0 Å². The Morgan fingerprint density at radius 2 is 2.12 bits per heavy atom. The molecule has 134 valence electrons. The maximum Gasteiger partial charge on any atom is 0.256 e. The highest BCUT2D eigenvalue weighted by Gasteiger charge is 2.48. The molecule has 0 radical (unpaired) electrons. The van der Waals surface area contributed by atoms with Crippen LogP contribution >= 0.6 is 0 Å². The van der Waals surface area contributed by atoms with Crippen LogP contribution in [0.4, 0.5) is 5.69 Å². The quantitative estimate of drug-likeness (QED) is 0.782. The fourth-order valence-electron chi connectivity index (χ4n) is 3.13. The minimum atomic E-state index is -0.777. The first-order valence-electron chi connectivity index (χ1n) is 9.06. The van der Waals surface area contributed by atoms with E-state index in [4.69, 9.17) is 9.47 Å². The van der Waals surface area contributed by atoms with Gasteiger partial charge in [0.15, 0.2) is 0 Å². The Labute approximate surface area is 148 Å². The standard InChI is InChI=1S/C20H26N2O3/c1-4-13-24-17-11-10-16(15-7-6-12-21-18(15)17)22-19(23)20(3,25-5-2)14-8-9-14/h6-7,10-12,14H,4-5,8-9,13H2,1-3H3,(H,22,23)/t20-/m0/s1. The first-order chi connectivity index (χ1) is 12.1. The second-order valence-corrected chi connectivity index (χ2v) is 6.63. The lowest BCUT2D eigenvalue weighted by atomic mass is 9.98. The fraction of sp³-hybridized carbons (Fsp3) is 0.500. The van der Waals surface area contributed by atoms with Crippen molar-refractivity contribution in [3.63, 3.8) is 0 Å². The molecule has 25 heavy (non-hydrogen) atoms. The number of fused-ring (bicyclic) bond motifs is 1. The molecule has 0 bridgehead atoms. The number of nitrogens with zero attached hydrogens (tertiary/aromatic N) is 1. The third-order valence-electron chi connectivity index (χ3n) is 4.69. The van der Waals surface area contributed by atoms with Crippen LogP contribution in [0.5, 0.6) is 5.75 Å². The minimum absolute atomic E-state index is 0.0933. The number of nitrogens with one attached hydrogen (secondary N) is 1. The monoisotopic (exact) mass is 342 g/mol. The number of carbonyl (C=O) groups excluding carboxylic acids is 1. The molecule has 2 aromatic rings. The summed E-state index contributed by atoms with van der Waals surface area (Å²) in [4.78, 5) is 17.4. The topological polar surface area (TPSA) is 60.5 Å². The Morgan fingerprint density at radius 3 is 2.80 bits per heavy atom. The van der Waals surface area contributed by atoms with E-state index in [2.05, 4.69) is 17.2 Å². The van der Waals surface area contributed by atoms with Crippen LogP contribution < -0.4 is 10.1 Å². The van der Waals surface area contributed by atoms with Crippen molar-refractivity contribution in [1.82, 2.24) is 4.98 Å². The highest BCUT2D eigenvalue weighted by Crippen LogP contribution is 2.43. The van der Waals surface area contributed by atoms with Crippen molar-refractivity contribution in [3.8, 4) is 5.75 Å². The van der Waals surface area contributed by atoms with E-state index in [1.807, 2.05) is 38.1 Å². The van der Waals surface area contributed by atoms with Crippen LogP contribution in [-0.4, -0.2) is 29.7 Å². The summed E-state index contributed by atoms with van der Waals surface area (Å²) in [6.07, 6.45) is 4.74. The molecule has 1 atom stereocenters. The summed E-state index contributed by atoms with van der Waals surface area (Å²) in [5, 5.41) is 3.93. The van der Waals surface area contributed by atoms with Gasteiger partial charge in [0.1, 0.15) is 16.9 Å². The van der Waals surface area contributed by atoms with E-state index in [-0.39, 0.29) is 5.91 Å². The van der Waals surface area contributed by atoms with E-state index in [0.717, 1.165) is 41.6 Å². The number of anilines is 1. The lowest BCUT2D eigenvalue weighted by Gasteiger charge is -2.28. The van der Waals surface area contributed by atoms with E-state index in [9.17, 15) is 4.79 Å². The van der Waals surface area contributed by atoms with E-state index in [1.165, 1.54) is 0 Å². The molecule has 0 aliphatic heterocycles. The summed E-state index contributed by atoms with van der Waals surface area (Å²) in [7, 11) is 0. The van der Waals surface area contributed by atoms with Gasteiger partial charge in [-0.05, 0) is 63.3 Å². The Kier molecular flexibility index (Phi) is 5.23. The second-order valence-electron chi connectivity index (χ2n) is 6.63. The first kappa shape index (κ1) is 17.7. The van der Waals surface area contributed by atoms with Crippen molar-refractivity contribution in [1.29, 1.82) is 0 Å². The Bertz CT molecular complexity index is 758. The molecule has 0 spiro atoms. The number of pyridine rings is 1. The van der Waals surface area contributed by atoms with Crippen molar-refractivity contribution < 1.29 is 14.3 Å². The van der Waals surface area contributed by atoms with Crippen LogP contribution in [0.1, 0.15) is 40.0 Å². The third-order valence-corrected chi connectivity index (χ3v) is 4.69. The van der Waals surface area contributed by atoms with Gasteiger partial charge in [0, 0.05) is 18.2 Å². The predicted octanol–water partition coefficient (Wildman–Crippen LogP) is 4.17. The molecule has 1 fully saturated rings. The molecule has 1 aromatic carbocycles. The molecule has 1 amide bonds. The molecule has 5 heteroatoms. The number of benzene rings is 1. The molecule has 0 unspecified atom stereocenters. The summed E-state index contributed by atoms with van der Waals surface area (Å²) >= 11 is 0. The van der Waals surface area contributed by atoms with Crippen LogP contribution in [0.3, 0.4) is 0 Å². The van der Waals surface area contributed by atoms with Gasteiger partial charge in [-0.1, -0.05) is 6.92 Å². The zero-order valence-electron chi connectivity index (χ0n) is 15.2. The largest absolute Gasteiger partial charge is 0.491 e. The number of hydrogen-bond donors (Lipinski definition) is 1. The van der Waals surface area contributed by atoms with Crippen molar-refractivity contribution in [2.45, 2.75) is 45.6 Å². The molecular weight excluding hydrogens is 316 g/mol. The minimum Gasteiger partial charge on any atom is -0.491 e. The molecule has 0 saturated heterocycles. The number of amides is 1. The average molecular weight is 342 g/mol. The third kappa shape index (κ3) is 3.61. The number of carbonyl (C=O) groups is 1. The van der Waals surface area contributed by atoms with Crippen molar-refractivity contribution in [3.05, 3.63) is 30.5 Å². The van der Waals surface area contributed by atoms with Crippen molar-refractivity contribution >= 4 is 22.5 Å². The Balaban J connectivity index is 1.90. The normalized spacial score (nSPS) is 16.4. The first-order valence-corrected chi connectivity index (χ1v) is 9.06. The van der Waals surface area contributed by atoms with Crippen molar-refractivity contribution in [2.75, 3.05) is 18.5 Å². The SMILES string of the molecule is CCCOc1ccc(NC(=O)[C@@](C)(OCC)C2CC2)c2cccnc12. The average Bonchev–Trinajstić information content (AvgIpc) is 3.46. The molecule has 1 saturated carbocycles. The van der Waals surface area contributed by atoms with Crippen LogP contribution in [0, 0.1) is 5.92 Å². The van der Waals surface area contributed by atoms with Crippen LogP contribution in [0.15, 0.2) is 30.5 Å². The van der Waals surface area contributed by atoms with E-state index >= 15 is 0 Å². The Hall–Kier alpha value is -2.14. The van der Waals surface area contributed by atoms with Gasteiger partial charge in [-0.3, -0.25) is 9.78 Å². The van der Waals surface area contributed by atoms with Gasteiger partial charge < -0.3 is 14.8 Å². The Morgan fingerprint density at radius 1 is 1.32 bits per heavy atom. The van der Waals surface area contributed by atoms with Gasteiger partial charge in [-0.25, -0.2) is 0 Å². The smallest absolute Gasteiger partial charge is 0.256 e. The maximum atomic E-state index is 12.9. The summed E-state index contributed by atoms with van der Waals surface area (Å²) in [6.45, 7) is 7.04. The van der Waals surface area contributed by atoms with E-state index in [0.29, 0.717) is 19.1 Å². The lowest BCUT2D eigenvalue weighted by molar-refractivity contribution is -0.141. The lowest BCUT2D eigenvalue weighted by Crippen LogP contribution is -2.44. The van der Waals surface area contributed by atoms with Crippen LogP contribution in [-0.2, 0) is 9.53 Å². The zero-order valence-corrected chi connectivity index (χ0v) is 15.2. The number of rotatable bonds is 8. The van der Waals surface area contributed by atoms with E-state index < -0.39 is 5.60 Å². The number of hydrogen-bond acceptors (Lipinski definition) is 4. The van der Waals surface area contributed by atoms with Gasteiger partial charge in [0.25, 0.3) is 5.91 Å². The molecule has 1 aromatic heterocycles. The van der Waals surface area contributed by atoms with Crippen LogP contribution in [0.25, 0.3) is 10.9 Å². The van der Waals surface area contributed by atoms with E-state index in [1.54, 1.807) is 6.20 Å². The molecule has 1 heterocycles. The molecule has 1 aliphatic rings. The molecule has 1 aliphatic carbocycles. The summed E-state index contributed by atoms with van der Waals surface area (Å²) in [5.41, 5.74) is 0.725. The molecule has 3 rings (SSSR count). The molecule has 5 nitrogen and oxygen atoms in total. The number of aromatic nitrogens is 1. The second kappa shape index (κ2) is 7.40. The van der Waals surface area contributed by atoms with Gasteiger partial charge in [-0.15, -0.1) is 0 Å². The van der Waals surface area contributed by atoms with Gasteiger partial charge >= 0.3 is 0 Å². The fourth-order valence-corrected chi connectivity index (χ4v) is 3.13. The summed E-state index contributed by atoms with van der Waals surface area (Å²) in [6, 6.07) is 7.57.